The third kappa shape index (κ3) is 2.72. The predicted molar refractivity (Wildman–Crippen MR) is 80.0 cm³/mol. The van der Waals surface area contributed by atoms with Gasteiger partial charge in [0, 0.05) is 28.9 Å². The van der Waals surface area contributed by atoms with Gasteiger partial charge in [0.25, 0.3) is 0 Å². The van der Waals surface area contributed by atoms with Crippen molar-refractivity contribution in [2.45, 2.75) is 27.7 Å². The quantitative estimate of drug-likeness (QED) is 0.772. The molecule has 0 saturated heterocycles. The van der Waals surface area contributed by atoms with Crippen LogP contribution in [0.25, 0.3) is 11.1 Å². The first-order valence-corrected chi connectivity index (χ1v) is 6.64. The van der Waals surface area contributed by atoms with Crippen LogP contribution in [0, 0.1) is 5.41 Å². The summed E-state index contributed by atoms with van der Waals surface area (Å²) in [5.41, 5.74) is 1.84. The van der Waals surface area contributed by atoms with Crippen molar-refractivity contribution in [3.8, 4) is 11.1 Å². The molecule has 0 unspecified atom stereocenters. The van der Waals surface area contributed by atoms with Gasteiger partial charge < -0.3 is 0 Å². The van der Waals surface area contributed by atoms with E-state index in [9.17, 15) is 9.59 Å². The Bertz CT molecular complexity index is 645. The molecule has 3 nitrogen and oxygen atoms in total. The lowest BCUT2D eigenvalue weighted by atomic mass is 9.96. The van der Waals surface area contributed by atoms with Crippen LogP contribution in [0.4, 0.5) is 0 Å². The number of carbonyl (C=O) groups is 2. The van der Waals surface area contributed by atoms with E-state index in [0.29, 0.717) is 5.56 Å². The van der Waals surface area contributed by atoms with Crippen LogP contribution >= 0.6 is 0 Å². The fraction of sp³-hybridized carbons (Fsp3) is 0.294. The molecule has 104 valence electrons. The summed E-state index contributed by atoms with van der Waals surface area (Å²) < 4.78 is 1.53. The Hall–Kier alpha value is -2.16. The maximum atomic E-state index is 12.3. The first-order chi connectivity index (χ1) is 9.30. The standard InChI is InChI=1S/C17H19NO2/c1-12(19)14-10-18(16(20)17(2,3)4)11-15(14)13-8-6-5-7-9-13/h5-11H,1-4H3. The van der Waals surface area contributed by atoms with Crippen molar-refractivity contribution in [3.63, 3.8) is 0 Å². The molecule has 0 fully saturated rings. The van der Waals surface area contributed by atoms with Crippen molar-refractivity contribution < 1.29 is 9.59 Å². The largest absolute Gasteiger partial charge is 0.294 e. The highest BCUT2D eigenvalue weighted by atomic mass is 16.2. The SMILES string of the molecule is CC(=O)c1cn(C(=O)C(C)(C)C)cc1-c1ccccc1. The zero-order valence-electron chi connectivity index (χ0n) is 12.3. The Morgan fingerprint density at radius 3 is 2.10 bits per heavy atom. The van der Waals surface area contributed by atoms with Gasteiger partial charge >= 0.3 is 0 Å². The maximum absolute atomic E-state index is 12.3. The van der Waals surface area contributed by atoms with E-state index >= 15 is 0 Å². The van der Waals surface area contributed by atoms with Crippen molar-refractivity contribution in [1.82, 2.24) is 4.57 Å². The van der Waals surface area contributed by atoms with Crippen LogP contribution in [-0.4, -0.2) is 16.3 Å². The van der Waals surface area contributed by atoms with E-state index in [0.717, 1.165) is 11.1 Å². The average Bonchev–Trinajstić information content (AvgIpc) is 2.82. The number of Topliss-reactive ketones (excluding diaryl/α,β-unsaturated/α-hetero) is 1. The van der Waals surface area contributed by atoms with Gasteiger partial charge in [-0.15, -0.1) is 0 Å². The topological polar surface area (TPSA) is 39.1 Å². The van der Waals surface area contributed by atoms with E-state index in [1.807, 2.05) is 51.1 Å². The molecule has 0 aliphatic rings. The van der Waals surface area contributed by atoms with Gasteiger partial charge in [-0.25, -0.2) is 0 Å². The number of ketones is 1. The molecule has 2 rings (SSSR count). The molecule has 0 spiro atoms. The molecule has 1 heterocycles. The number of rotatable bonds is 2. The smallest absolute Gasteiger partial charge is 0.235 e. The highest BCUT2D eigenvalue weighted by Crippen LogP contribution is 2.27. The van der Waals surface area contributed by atoms with E-state index in [-0.39, 0.29) is 11.7 Å². The zero-order chi connectivity index (χ0) is 14.9. The van der Waals surface area contributed by atoms with Gasteiger partial charge in [-0.3, -0.25) is 14.2 Å². The zero-order valence-corrected chi connectivity index (χ0v) is 12.3. The molecule has 0 aliphatic carbocycles. The fourth-order valence-corrected chi connectivity index (χ4v) is 2.09. The van der Waals surface area contributed by atoms with Gasteiger partial charge in [-0.2, -0.15) is 0 Å². The minimum absolute atomic E-state index is 0.0258. The van der Waals surface area contributed by atoms with Crippen LogP contribution in [0.1, 0.15) is 42.8 Å². The normalized spacial score (nSPS) is 11.4. The summed E-state index contributed by atoms with van der Waals surface area (Å²) in [6, 6.07) is 9.64. The predicted octanol–water partition coefficient (Wildman–Crippen LogP) is 4.04. The molecule has 0 saturated carbocycles. The molecule has 0 N–H and O–H groups in total. The number of hydrogen-bond acceptors (Lipinski definition) is 2. The van der Waals surface area contributed by atoms with Gasteiger partial charge in [-0.05, 0) is 12.5 Å². The number of carbonyl (C=O) groups excluding carboxylic acids is 2. The minimum atomic E-state index is -0.485. The molecule has 0 aliphatic heterocycles. The first-order valence-electron chi connectivity index (χ1n) is 6.64. The van der Waals surface area contributed by atoms with Crippen LogP contribution in [-0.2, 0) is 0 Å². The molecule has 2 aromatic rings. The summed E-state index contributed by atoms with van der Waals surface area (Å²) in [7, 11) is 0. The summed E-state index contributed by atoms with van der Waals surface area (Å²) in [6.07, 6.45) is 3.39. The molecule has 20 heavy (non-hydrogen) atoms. The van der Waals surface area contributed by atoms with Gasteiger partial charge in [0.05, 0.1) is 0 Å². The van der Waals surface area contributed by atoms with Crippen molar-refractivity contribution in [3.05, 3.63) is 48.3 Å². The van der Waals surface area contributed by atoms with E-state index in [1.165, 1.54) is 11.5 Å². The van der Waals surface area contributed by atoms with Crippen molar-refractivity contribution in [2.75, 3.05) is 0 Å². The highest BCUT2D eigenvalue weighted by Gasteiger charge is 2.25. The molecule has 0 bridgehead atoms. The third-order valence-corrected chi connectivity index (χ3v) is 3.17. The molecule has 0 radical (unpaired) electrons. The van der Waals surface area contributed by atoms with E-state index in [4.69, 9.17) is 0 Å². The van der Waals surface area contributed by atoms with Gasteiger partial charge in [0.15, 0.2) is 5.78 Å². The van der Waals surface area contributed by atoms with Gasteiger partial charge in [0.2, 0.25) is 5.91 Å². The molecule has 0 amide bonds. The maximum Gasteiger partial charge on any atom is 0.235 e. The molecular weight excluding hydrogens is 250 g/mol. The van der Waals surface area contributed by atoms with Crippen molar-refractivity contribution in [1.29, 1.82) is 0 Å². The third-order valence-electron chi connectivity index (χ3n) is 3.17. The monoisotopic (exact) mass is 269 g/mol. The van der Waals surface area contributed by atoms with Crippen molar-refractivity contribution >= 4 is 11.7 Å². The van der Waals surface area contributed by atoms with Gasteiger partial charge in [-0.1, -0.05) is 51.1 Å². The van der Waals surface area contributed by atoms with E-state index < -0.39 is 5.41 Å². The number of nitrogens with zero attached hydrogens (tertiary/aromatic N) is 1. The highest BCUT2D eigenvalue weighted by molar-refractivity contribution is 6.02. The van der Waals surface area contributed by atoms with E-state index in [1.54, 1.807) is 12.4 Å². The van der Waals surface area contributed by atoms with E-state index in [2.05, 4.69) is 0 Å². The van der Waals surface area contributed by atoms with Crippen LogP contribution in [0.3, 0.4) is 0 Å². The van der Waals surface area contributed by atoms with Gasteiger partial charge in [0.1, 0.15) is 0 Å². The van der Waals surface area contributed by atoms with Crippen LogP contribution in [0.15, 0.2) is 42.7 Å². The number of aromatic nitrogens is 1. The number of hydrogen-bond donors (Lipinski definition) is 0. The van der Waals surface area contributed by atoms with Crippen LogP contribution in [0.5, 0.6) is 0 Å². The van der Waals surface area contributed by atoms with Crippen LogP contribution < -0.4 is 0 Å². The molecule has 1 aromatic heterocycles. The first kappa shape index (κ1) is 14.3. The lowest BCUT2D eigenvalue weighted by Gasteiger charge is -2.16. The molecular formula is C17H19NO2. The fourth-order valence-electron chi connectivity index (χ4n) is 2.09. The molecule has 3 heteroatoms. The number of benzene rings is 1. The Balaban J connectivity index is 2.56. The van der Waals surface area contributed by atoms with Crippen molar-refractivity contribution in [2.24, 2.45) is 5.41 Å². The second kappa shape index (κ2) is 5.08. The lowest BCUT2D eigenvalue weighted by molar-refractivity contribution is 0.0767. The lowest BCUT2D eigenvalue weighted by Crippen LogP contribution is -2.25. The Morgan fingerprint density at radius 2 is 1.60 bits per heavy atom. The van der Waals surface area contributed by atoms with Crippen LogP contribution in [0.2, 0.25) is 0 Å². The summed E-state index contributed by atoms with van der Waals surface area (Å²) in [5, 5.41) is 0. The second-order valence-electron chi connectivity index (χ2n) is 5.97. The summed E-state index contributed by atoms with van der Waals surface area (Å²) in [6.45, 7) is 7.12. The second-order valence-corrected chi connectivity index (χ2v) is 5.97. The summed E-state index contributed by atoms with van der Waals surface area (Å²) >= 11 is 0. The average molecular weight is 269 g/mol. The Kier molecular flexibility index (Phi) is 3.62. The molecule has 1 aromatic carbocycles. The minimum Gasteiger partial charge on any atom is -0.294 e. The Labute approximate surface area is 119 Å². The molecule has 0 atom stereocenters. The summed E-state index contributed by atoms with van der Waals surface area (Å²) in [5.74, 6) is -0.0634. The Morgan fingerprint density at radius 1 is 1.00 bits per heavy atom. The summed E-state index contributed by atoms with van der Waals surface area (Å²) in [4.78, 5) is 24.1.